The number of hydrogen-bond acceptors (Lipinski definition) is 3. The first-order valence-electron chi connectivity index (χ1n) is 5.68. The van der Waals surface area contributed by atoms with Crippen molar-refractivity contribution >= 4 is 5.97 Å². The van der Waals surface area contributed by atoms with Gasteiger partial charge in [0.15, 0.2) is 0 Å². The molecule has 93 valence electrons. The SMILES string of the molecule is [CH2]C(C(=O)OC(C)(C)C)C(N)c1ccccc1. The normalized spacial score (nSPS) is 15.1. The van der Waals surface area contributed by atoms with E-state index in [0.717, 1.165) is 5.56 Å². The van der Waals surface area contributed by atoms with Crippen molar-refractivity contribution in [1.82, 2.24) is 0 Å². The van der Waals surface area contributed by atoms with E-state index in [9.17, 15) is 4.79 Å². The predicted octanol–water partition coefficient (Wildman–Crippen LogP) is 2.48. The molecule has 1 aromatic carbocycles. The Hall–Kier alpha value is -1.35. The van der Waals surface area contributed by atoms with Gasteiger partial charge in [0.2, 0.25) is 0 Å². The lowest BCUT2D eigenvalue weighted by molar-refractivity contribution is -0.159. The second-order valence-corrected chi connectivity index (χ2v) is 5.08. The van der Waals surface area contributed by atoms with Crippen molar-refractivity contribution in [2.75, 3.05) is 0 Å². The van der Waals surface area contributed by atoms with Crippen molar-refractivity contribution in [3.63, 3.8) is 0 Å². The number of carbonyl (C=O) groups is 1. The van der Waals surface area contributed by atoms with Gasteiger partial charge in [-0.1, -0.05) is 30.3 Å². The highest BCUT2D eigenvalue weighted by molar-refractivity contribution is 5.74. The molecule has 0 aliphatic carbocycles. The molecule has 0 fully saturated rings. The molecule has 0 spiro atoms. The van der Waals surface area contributed by atoms with E-state index in [0.29, 0.717) is 0 Å². The van der Waals surface area contributed by atoms with Crippen molar-refractivity contribution in [2.24, 2.45) is 11.7 Å². The molecule has 0 heterocycles. The summed E-state index contributed by atoms with van der Waals surface area (Å²) < 4.78 is 5.26. The standard InChI is InChI=1S/C14H20NO2/c1-10(13(16)17-14(2,3)4)12(15)11-8-6-5-7-9-11/h5-10,12H,1,15H2,2-4H3. The van der Waals surface area contributed by atoms with Gasteiger partial charge in [0.05, 0.1) is 5.92 Å². The van der Waals surface area contributed by atoms with Gasteiger partial charge < -0.3 is 10.5 Å². The van der Waals surface area contributed by atoms with Gasteiger partial charge in [-0.3, -0.25) is 4.79 Å². The minimum Gasteiger partial charge on any atom is -0.460 e. The molecule has 1 aromatic rings. The number of ether oxygens (including phenoxy) is 1. The van der Waals surface area contributed by atoms with Crippen molar-refractivity contribution in [3.8, 4) is 0 Å². The first-order chi connectivity index (χ1) is 7.81. The Morgan fingerprint density at radius 1 is 1.29 bits per heavy atom. The number of rotatable bonds is 3. The van der Waals surface area contributed by atoms with Crippen LogP contribution in [-0.4, -0.2) is 11.6 Å². The fraction of sp³-hybridized carbons (Fsp3) is 0.429. The summed E-state index contributed by atoms with van der Waals surface area (Å²) in [5, 5.41) is 0. The molecule has 0 aliphatic rings. The maximum absolute atomic E-state index is 11.8. The van der Waals surface area contributed by atoms with Gasteiger partial charge in [-0.25, -0.2) is 0 Å². The molecule has 0 amide bonds. The first-order valence-corrected chi connectivity index (χ1v) is 5.68. The third kappa shape index (κ3) is 4.19. The zero-order valence-electron chi connectivity index (χ0n) is 10.6. The Morgan fingerprint density at radius 3 is 2.29 bits per heavy atom. The van der Waals surface area contributed by atoms with Crippen LogP contribution in [0.2, 0.25) is 0 Å². The Labute approximate surface area is 103 Å². The molecule has 0 aromatic heterocycles. The minimum absolute atomic E-state index is 0.367. The van der Waals surface area contributed by atoms with Crippen LogP contribution in [0, 0.1) is 12.8 Å². The third-order valence-electron chi connectivity index (χ3n) is 2.33. The van der Waals surface area contributed by atoms with Crippen LogP contribution in [0.15, 0.2) is 30.3 Å². The summed E-state index contributed by atoms with van der Waals surface area (Å²) in [7, 11) is 0. The highest BCUT2D eigenvalue weighted by Crippen LogP contribution is 2.21. The van der Waals surface area contributed by atoms with Crippen LogP contribution in [0.5, 0.6) is 0 Å². The van der Waals surface area contributed by atoms with E-state index in [4.69, 9.17) is 10.5 Å². The number of benzene rings is 1. The smallest absolute Gasteiger partial charge is 0.311 e. The highest BCUT2D eigenvalue weighted by atomic mass is 16.6. The lowest BCUT2D eigenvalue weighted by Crippen LogP contribution is -2.33. The second kappa shape index (κ2) is 5.32. The molecule has 1 radical (unpaired) electrons. The van der Waals surface area contributed by atoms with Gasteiger partial charge in [0, 0.05) is 6.04 Å². The molecule has 17 heavy (non-hydrogen) atoms. The van der Waals surface area contributed by atoms with Crippen LogP contribution < -0.4 is 5.73 Å². The molecular formula is C14H20NO2. The van der Waals surface area contributed by atoms with E-state index in [2.05, 4.69) is 6.92 Å². The molecule has 1 rings (SSSR count). The zero-order valence-corrected chi connectivity index (χ0v) is 10.6. The lowest BCUT2D eigenvalue weighted by atomic mass is 9.95. The van der Waals surface area contributed by atoms with E-state index in [1.807, 2.05) is 51.1 Å². The summed E-state index contributed by atoms with van der Waals surface area (Å²) in [6.07, 6.45) is 0. The van der Waals surface area contributed by atoms with E-state index in [1.165, 1.54) is 0 Å². The number of esters is 1. The van der Waals surface area contributed by atoms with E-state index in [-0.39, 0.29) is 5.97 Å². The van der Waals surface area contributed by atoms with Crippen LogP contribution in [0.4, 0.5) is 0 Å². The molecule has 0 bridgehead atoms. The van der Waals surface area contributed by atoms with Crippen LogP contribution in [0.25, 0.3) is 0 Å². The Kier molecular flexibility index (Phi) is 4.29. The molecule has 3 heteroatoms. The summed E-state index contributed by atoms with van der Waals surface area (Å²) >= 11 is 0. The quantitative estimate of drug-likeness (QED) is 0.817. The average Bonchev–Trinajstić information content (AvgIpc) is 2.26. The van der Waals surface area contributed by atoms with E-state index in [1.54, 1.807) is 0 Å². The van der Waals surface area contributed by atoms with Crippen LogP contribution in [0.3, 0.4) is 0 Å². The van der Waals surface area contributed by atoms with Gasteiger partial charge in [0.25, 0.3) is 0 Å². The molecule has 2 atom stereocenters. The molecule has 0 aliphatic heterocycles. The summed E-state index contributed by atoms with van der Waals surface area (Å²) in [5.74, 6) is -0.967. The molecule has 2 N–H and O–H groups in total. The Balaban J connectivity index is 2.70. The monoisotopic (exact) mass is 234 g/mol. The van der Waals surface area contributed by atoms with Crippen LogP contribution in [-0.2, 0) is 9.53 Å². The van der Waals surface area contributed by atoms with Gasteiger partial charge in [-0.05, 0) is 33.3 Å². The van der Waals surface area contributed by atoms with Crippen LogP contribution in [0.1, 0.15) is 32.4 Å². The molecule has 3 nitrogen and oxygen atoms in total. The summed E-state index contributed by atoms with van der Waals surface area (Å²) in [6, 6.07) is 9.00. The fourth-order valence-electron chi connectivity index (χ4n) is 1.43. The van der Waals surface area contributed by atoms with Crippen molar-refractivity contribution in [1.29, 1.82) is 0 Å². The van der Waals surface area contributed by atoms with Gasteiger partial charge in [-0.2, -0.15) is 0 Å². The first kappa shape index (κ1) is 13.7. The average molecular weight is 234 g/mol. The fourth-order valence-corrected chi connectivity index (χ4v) is 1.43. The molecule has 0 saturated heterocycles. The minimum atomic E-state index is -0.600. The molecular weight excluding hydrogens is 214 g/mol. The Bertz CT molecular complexity index is 368. The van der Waals surface area contributed by atoms with E-state index < -0.39 is 17.6 Å². The highest BCUT2D eigenvalue weighted by Gasteiger charge is 2.27. The maximum atomic E-state index is 11.8. The number of nitrogens with two attached hydrogens (primary N) is 1. The molecule has 0 saturated carbocycles. The van der Waals surface area contributed by atoms with E-state index >= 15 is 0 Å². The summed E-state index contributed by atoms with van der Waals surface area (Å²) in [6.45, 7) is 9.27. The summed E-state index contributed by atoms with van der Waals surface area (Å²) in [4.78, 5) is 11.8. The Morgan fingerprint density at radius 2 is 1.82 bits per heavy atom. The third-order valence-corrected chi connectivity index (χ3v) is 2.33. The molecule has 2 unspecified atom stereocenters. The van der Waals surface area contributed by atoms with Crippen molar-refractivity contribution in [2.45, 2.75) is 32.4 Å². The number of carbonyl (C=O) groups excluding carboxylic acids is 1. The summed E-state index contributed by atoms with van der Waals surface area (Å²) in [5.41, 5.74) is 6.37. The van der Waals surface area contributed by atoms with Crippen molar-refractivity contribution in [3.05, 3.63) is 42.8 Å². The van der Waals surface area contributed by atoms with Crippen molar-refractivity contribution < 1.29 is 9.53 Å². The number of hydrogen-bond donors (Lipinski definition) is 1. The maximum Gasteiger partial charge on any atom is 0.311 e. The second-order valence-electron chi connectivity index (χ2n) is 5.08. The topological polar surface area (TPSA) is 52.3 Å². The van der Waals surface area contributed by atoms with Gasteiger partial charge in [0.1, 0.15) is 5.60 Å². The van der Waals surface area contributed by atoms with Crippen LogP contribution >= 0.6 is 0 Å². The predicted molar refractivity (Wildman–Crippen MR) is 68.1 cm³/mol. The largest absolute Gasteiger partial charge is 0.460 e. The van der Waals surface area contributed by atoms with Gasteiger partial charge >= 0.3 is 5.97 Å². The van der Waals surface area contributed by atoms with Gasteiger partial charge in [-0.15, -0.1) is 0 Å². The zero-order chi connectivity index (χ0) is 13.1. The lowest BCUT2D eigenvalue weighted by Gasteiger charge is -2.25.